The molecule has 0 aromatic carbocycles. The number of aliphatic hydroxyl groups is 1. The minimum absolute atomic E-state index is 0.131. The Balaban J connectivity index is 1.63. The van der Waals surface area contributed by atoms with Crippen molar-refractivity contribution in [1.29, 1.82) is 0 Å². The molecule has 0 amide bonds. The molecule has 0 unspecified atom stereocenters. The lowest BCUT2D eigenvalue weighted by atomic mass is 9.82. The van der Waals surface area contributed by atoms with E-state index in [-0.39, 0.29) is 11.4 Å². The van der Waals surface area contributed by atoms with Gasteiger partial charge in [-0.1, -0.05) is 0 Å². The molecule has 6 nitrogen and oxygen atoms in total. The van der Waals surface area contributed by atoms with E-state index in [1.165, 1.54) is 12.8 Å². The zero-order valence-electron chi connectivity index (χ0n) is 10.7. The van der Waals surface area contributed by atoms with Crippen LogP contribution in [0.3, 0.4) is 0 Å². The second-order valence-corrected chi connectivity index (χ2v) is 5.63. The molecule has 0 atom stereocenters. The number of nitrogens with one attached hydrogen (secondary N) is 1. The fraction of sp³-hybridized carbons (Fsp3) is 0.750. The van der Waals surface area contributed by atoms with Crippen molar-refractivity contribution < 1.29 is 5.11 Å². The Morgan fingerprint density at radius 3 is 2.63 bits per heavy atom. The summed E-state index contributed by atoms with van der Waals surface area (Å²) >= 11 is 5.95. The summed E-state index contributed by atoms with van der Waals surface area (Å²) in [4.78, 5) is 14.8. The molecule has 2 N–H and O–H groups in total. The Hall–Kier alpha value is -1.14. The van der Waals surface area contributed by atoms with Crippen LogP contribution in [0.4, 0.5) is 11.9 Å². The van der Waals surface area contributed by atoms with Gasteiger partial charge in [0.05, 0.1) is 6.10 Å². The summed E-state index contributed by atoms with van der Waals surface area (Å²) in [5, 5.41) is 12.7. The quantitative estimate of drug-likeness (QED) is 0.868. The number of aliphatic hydroxyl groups excluding tert-OH is 1. The van der Waals surface area contributed by atoms with Gasteiger partial charge in [0.25, 0.3) is 0 Å². The lowest BCUT2D eigenvalue weighted by molar-refractivity contribution is 0.0486. The number of nitrogens with zero attached hydrogens (tertiary/aromatic N) is 4. The van der Waals surface area contributed by atoms with E-state index >= 15 is 0 Å². The normalized spacial score (nSPS) is 26.3. The third-order valence-corrected chi connectivity index (χ3v) is 3.91. The second kappa shape index (κ2) is 5.46. The molecule has 7 heteroatoms. The van der Waals surface area contributed by atoms with Crippen molar-refractivity contribution in [1.82, 2.24) is 15.0 Å². The minimum Gasteiger partial charge on any atom is -0.393 e. The average molecular weight is 284 g/mol. The molecule has 104 valence electrons. The maximum absolute atomic E-state index is 9.25. The maximum Gasteiger partial charge on any atom is 0.231 e. The first kappa shape index (κ1) is 12.9. The van der Waals surface area contributed by atoms with Crippen LogP contribution in [0.2, 0.25) is 5.28 Å². The molecule has 0 radical (unpaired) electrons. The van der Waals surface area contributed by atoms with Crippen molar-refractivity contribution in [2.45, 2.75) is 31.8 Å². The van der Waals surface area contributed by atoms with Gasteiger partial charge in [0.1, 0.15) is 0 Å². The van der Waals surface area contributed by atoms with Crippen LogP contribution >= 0.6 is 11.6 Å². The number of anilines is 2. The molecule has 1 aromatic heterocycles. The number of hydrogen-bond acceptors (Lipinski definition) is 6. The van der Waals surface area contributed by atoms with Crippen molar-refractivity contribution in [3.05, 3.63) is 5.28 Å². The summed E-state index contributed by atoms with van der Waals surface area (Å²) < 4.78 is 0. The summed E-state index contributed by atoms with van der Waals surface area (Å²) in [5.74, 6) is 1.69. The van der Waals surface area contributed by atoms with Gasteiger partial charge in [0.2, 0.25) is 17.2 Å². The van der Waals surface area contributed by atoms with Gasteiger partial charge >= 0.3 is 0 Å². The molecular formula is C12H18ClN5O. The number of halogens is 1. The highest BCUT2D eigenvalue weighted by Crippen LogP contribution is 2.27. The fourth-order valence-electron chi connectivity index (χ4n) is 2.58. The van der Waals surface area contributed by atoms with Crippen molar-refractivity contribution in [3.8, 4) is 0 Å². The molecule has 1 saturated carbocycles. The van der Waals surface area contributed by atoms with Crippen LogP contribution in [-0.2, 0) is 0 Å². The van der Waals surface area contributed by atoms with E-state index < -0.39 is 0 Å². The number of rotatable bonds is 4. The molecule has 1 aromatic rings. The summed E-state index contributed by atoms with van der Waals surface area (Å²) in [7, 11) is 0. The van der Waals surface area contributed by atoms with Crippen LogP contribution in [0.1, 0.15) is 25.7 Å². The Kier molecular flexibility index (Phi) is 3.70. The fourth-order valence-corrected chi connectivity index (χ4v) is 2.74. The van der Waals surface area contributed by atoms with E-state index in [0.29, 0.717) is 17.8 Å². The van der Waals surface area contributed by atoms with Gasteiger partial charge in [-0.2, -0.15) is 15.0 Å². The zero-order chi connectivity index (χ0) is 13.2. The van der Waals surface area contributed by atoms with E-state index in [0.717, 1.165) is 32.5 Å². The summed E-state index contributed by atoms with van der Waals surface area (Å²) in [5.41, 5.74) is 0. The third-order valence-electron chi connectivity index (χ3n) is 3.74. The monoisotopic (exact) mass is 283 g/mol. The Labute approximate surface area is 117 Å². The SMILES string of the molecule is OC1CC(CNc2nc(Cl)nc(N3CCCC3)n2)C1. The molecular weight excluding hydrogens is 266 g/mol. The smallest absolute Gasteiger partial charge is 0.231 e. The summed E-state index contributed by atoms with van der Waals surface area (Å²) in [6.45, 7) is 2.74. The van der Waals surface area contributed by atoms with Crippen LogP contribution < -0.4 is 10.2 Å². The third kappa shape index (κ3) is 3.06. The van der Waals surface area contributed by atoms with Crippen LogP contribution in [0.25, 0.3) is 0 Å². The molecule has 1 aliphatic carbocycles. The van der Waals surface area contributed by atoms with Gasteiger partial charge in [0.15, 0.2) is 0 Å². The van der Waals surface area contributed by atoms with Crippen molar-refractivity contribution in [3.63, 3.8) is 0 Å². The van der Waals surface area contributed by atoms with Crippen LogP contribution in [0.5, 0.6) is 0 Å². The molecule has 2 heterocycles. The molecule has 3 rings (SSSR count). The van der Waals surface area contributed by atoms with Crippen LogP contribution in [-0.4, -0.2) is 45.8 Å². The molecule has 2 fully saturated rings. The van der Waals surface area contributed by atoms with Crippen LogP contribution in [0, 0.1) is 5.92 Å². The first-order valence-electron chi connectivity index (χ1n) is 6.79. The minimum atomic E-state index is -0.131. The Morgan fingerprint density at radius 1 is 1.21 bits per heavy atom. The van der Waals surface area contributed by atoms with Crippen molar-refractivity contribution in [2.24, 2.45) is 5.92 Å². The van der Waals surface area contributed by atoms with Gasteiger partial charge in [-0.05, 0) is 43.2 Å². The zero-order valence-corrected chi connectivity index (χ0v) is 11.5. The average Bonchev–Trinajstić information content (AvgIpc) is 2.86. The highest BCUT2D eigenvalue weighted by atomic mass is 35.5. The highest BCUT2D eigenvalue weighted by Gasteiger charge is 2.27. The maximum atomic E-state index is 9.25. The molecule has 1 aliphatic heterocycles. The van der Waals surface area contributed by atoms with E-state index in [1.54, 1.807) is 0 Å². The van der Waals surface area contributed by atoms with Gasteiger partial charge in [0, 0.05) is 19.6 Å². The predicted octanol–water partition coefficient (Wildman–Crippen LogP) is 1.31. The topological polar surface area (TPSA) is 74.2 Å². The molecule has 0 bridgehead atoms. The highest BCUT2D eigenvalue weighted by molar-refractivity contribution is 6.28. The van der Waals surface area contributed by atoms with Gasteiger partial charge in [-0.25, -0.2) is 0 Å². The van der Waals surface area contributed by atoms with Crippen molar-refractivity contribution in [2.75, 3.05) is 29.9 Å². The lowest BCUT2D eigenvalue weighted by Crippen LogP contribution is -2.33. The van der Waals surface area contributed by atoms with E-state index in [1.807, 2.05) is 0 Å². The van der Waals surface area contributed by atoms with Gasteiger partial charge in [-0.3, -0.25) is 0 Å². The number of aromatic nitrogens is 3. The lowest BCUT2D eigenvalue weighted by Gasteiger charge is -2.31. The van der Waals surface area contributed by atoms with E-state index in [2.05, 4.69) is 25.2 Å². The molecule has 1 saturated heterocycles. The summed E-state index contributed by atoms with van der Waals surface area (Å²) in [6, 6.07) is 0. The van der Waals surface area contributed by atoms with Gasteiger partial charge < -0.3 is 15.3 Å². The first-order chi connectivity index (χ1) is 9.20. The molecule has 2 aliphatic rings. The second-order valence-electron chi connectivity index (χ2n) is 5.29. The van der Waals surface area contributed by atoms with Crippen molar-refractivity contribution >= 4 is 23.5 Å². The van der Waals surface area contributed by atoms with E-state index in [4.69, 9.17) is 11.6 Å². The Morgan fingerprint density at radius 2 is 1.95 bits per heavy atom. The first-order valence-corrected chi connectivity index (χ1v) is 7.17. The standard InChI is InChI=1S/C12H18ClN5O/c13-10-15-11(14-7-8-5-9(19)6-8)17-12(16-10)18-3-1-2-4-18/h8-9,19H,1-7H2,(H,14,15,16,17). The predicted molar refractivity (Wildman–Crippen MR) is 73.5 cm³/mol. The molecule has 19 heavy (non-hydrogen) atoms. The van der Waals surface area contributed by atoms with Crippen LogP contribution in [0.15, 0.2) is 0 Å². The van der Waals surface area contributed by atoms with Gasteiger partial charge in [-0.15, -0.1) is 0 Å². The molecule has 0 spiro atoms. The van der Waals surface area contributed by atoms with E-state index in [9.17, 15) is 5.11 Å². The Bertz CT molecular complexity index is 446. The number of hydrogen-bond donors (Lipinski definition) is 2. The summed E-state index contributed by atoms with van der Waals surface area (Å²) in [6.07, 6.45) is 3.92. The largest absolute Gasteiger partial charge is 0.393 e.